The number of aliphatic carboxylic acids is 1. The van der Waals surface area contributed by atoms with Gasteiger partial charge in [-0.05, 0) is 19.1 Å². The average molecular weight is 366 g/mol. The number of carbonyl (C=O) groups excluding carboxylic acids is 1. The molecule has 24 heavy (non-hydrogen) atoms. The smallest absolute Gasteiger partial charge is 0.305 e. The predicted octanol–water partition coefficient (Wildman–Crippen LogP) is 2.67. The molecule has 3 rings (SSSR count). The van der Waals surface area contributed by atoms with E-state index in [1.54, 1.807) is 16.7 Å². The van der Waals surface area contributed by atoms with Crippen LogP contribution < -0.4 is 0 Å². The number of carboxylic acid groups (broad SMARTS) is 1. The van der Waals surface area contributed by atoms with Gasteiger partial charge >= 0.3 is 5.97 Å². The lowest BCUT2D eigenvalue weighted by atomic mass is 10.1. The van der Waals surface area contributed by atoms with E-state index in [9.17, 15) is 9.59 Å². The van der Waals surface area contributed by atoms with Gasteiger partial charge in [-0.25, -0.2) is 4.98 Å². The van der Waals surface area contributed by atoms with Gasteiger partial charge in [0.1, 0.15) is 5.76 Å². The van der Waals surface area contributed by atoms with Gasteiger partial charge in [-0.2, -0.15) is 11.8 Å². The molecule has 0 saturated carbocycles. The minimum Gasteiger partial charge on any atom is -0.481 e. The number of aryl methyl sites for hydroxylation is 1. The van der Waals surface area contributed by atoms with Gasteiger partial charge in [-0.3, -0.25) is 9.59 Å². The van der Waals surface area contributed by atoms with Crippen molar-refractivity contribution in [3.05, 3.63) is 29.0 Å². The van der Waals surface area contributed by atoms with Gasteiger partial charge in [0, 0.05) is 23.4 Å². The first kappa shape index (κ1) is 17.0. The molecule has 128 valence electrons. The van der Waals surface area contributed by atoms with Crippen molar-refractivity contribution in [3.8, 4) is 10.8 Å². The summed E-state index contributed by atoms with van der Waals surface area (Å²) in [4.78, 5) is 29.7. The fourth-order valence-electron chi connectivity index (χ4n) is 2.66. The van der Waals surface area contributed by atoms with Gasteiger partial charge in [0.15, 0.2) is 10.8 Å². The molecule has 2 aromatic rings. The van der Waals surface area contributed by atoms with Gasteiger partial charge < -0.3 is 14.4 Å². The van der Waals surface area contributed by atoms with E-state index in [1.165, 1.54) is 11.3 Å². The molecule has 0 radical (unpaired) electrons. The zero-order valence-electron chi connectivity index (χ0n) is 13.2. The summed E-state index contributed by atoms with van der Waals surface area (Å²) in [5.74, 6) is 2.11. The molecule has 1 unspecified atom stereocenters. The zero-order chi connectivity index (χ0) is 17.1. The third kappa shape index (κ3) is 3.99. The first-order chi connectivity index (χ1) is 11.5. The van der Waals surface area contributed by atoms with Crippen LogP contribution in [0.15, 0.2) is 21.9 Å². The molecule has 0 bridgehead atoms. The maximum Gasteiger partial charge on any atom is 0.305 e. The van der Waals surface area contributed by atoms with Crippen molar-refractivity contribution in [1.29, 1.82) is 0 Å². The molecule has 1 amide bonds. The number of rotatable bonds is 5. The van der Waals surface area contributed by atoms with Crippen LogP contribution in [0.25, 0.3) is 10.8 Å². The Labute approximate surface area is 147 Å². The summed E-state index contributed by atoms with van der Waals surface area (Å²) >= 11 is 3.14. The summed E-state index contributed by atoms with van der Waals surface area (Å²) in [6.07, 6.45) is 0.184. The van der Waals surface area contributed by atoms with Crippen LogP contribution in [0, 0.1) is 6.92 Å². The Bertz CT molecular complexity index is 740. The lowest BCUT2D eigenvalue weighted by Crippen LogP contribution is -2.47. The van der Waals surface area contributed by atoms with Gasteiger partial charge in [0.05, 0.1) is 24.6 Å². The second-order valence-corrected chi connectivity index (χ2v) is 7.65. The molecular weight excluding hydrogens is 348 g/mol. The summed E-state index contributed by atoms with van der Waals surface area (Å²) < 4.78 is 5.55. The highest BCUT2D eigenvalue weighted by atomic mass is 32.2. The predicted molar refractivity (Wildman–Crippen MR) is 93.3 cm³/mol. The third-order valence-corrected chi connectivity index (χ3v) is 5.79. The number of amides is 1. The molecule has 6 nitrogen and oxygen atoms in total. The molecular formula is C16H18N2O4S2. The highest BCUT2D eigenvalue weighted by Gasteiger charge is 2.29. The van der Waals surface area contributed by atoms with Crippen LogP contribution in [-0.2, 0) is 16.0 Å². The van der Waals surface area contributed by atoms with Gasteiger partial charge in [0.25, 0.3) is 0 Å². The summed E-state index contributed by atoms with van der Waals surface area (Å²) in [7, 11) is 0. The Kier molecular flexibility index (Phi) is 5.25. The van der Waals surface area contributed by atoms with Gasteiger partial charge in [0.2, 0.25) is 5.91 Å². The number of thioether (sulfide) groups is 1. The normalized spacial score (nSPS) is 17.9. The minimum atomic E-state index is -0.871. The van der Waals surface area contributed by atoms with Crippen LogP contribution in [0.5, 0.6) is 0 Å². The molecule has 1 aliphatic heterocycles. The van der Waals surface area contributed by atoms with Crippen molar-refractivity contribution < 1.29 is 19.1 Å². The first-order valence-electron chi connectivity index (χ1n) is 7.63. The number of nitrogens with zero attached hydrogens (tertiary/aromatic N) is 2. The Morgan fingerprint density at radius 3 is 3.00 bits per heavy atom. The van der Waals surface area contributed by atoms with E-state index in [1.807, 2.05) is 24.4 Å². The molecule has 1 atom stereocenters. The highest BCUT2D eigenvalue weighted by Crippen LogP contribution is 2.26. The number of carbonyl (C=O) groups is 2. The van der Waals surface area contributed by atoms with Crippen molar-refractivity contribution in [2.75, 3.05) is 18.1 Å². The molecule has 1 N–H and O–H groups in total. The quantitative estimate of drug-likeness (QED) is 0.876. The van der Waals surface area contributed by atoms with E-state index in [2.05, 4.69) is 4.98 Å². The van der Waals surface area contributed by atoms with Gasteiger partial charge in [-0.1, -0.05) is 0 Å². The summed E-state index contributed by atoms with van der Waals surface area (Å²) in [5, 5.41) is 11.6. The average Bonchev–Trinajstić information content (AvgIpc) is 3.16. The lowest BCUT2D eigenvalue weighted by Gasteiger charge is -2.34. The Morgan fingerprint density at radius 1 is 1.46 bits per heavy atom. The van der Waals surface area contributed by atoms with Crippen LogP contribution >= 0.6 is 23.1 Å². The molecule has 1 aliphatic rings. The van der Waals surface area contributed by atoms with Crippen LogP contribution in [0.1, 0.15) is 17.9 Å². The van der Waals surface area contributed by atoms with Crippen molar-refractivity contribution in [2.24, 2.45) is 0 Å². The highest BCUT2D eigenvalue weighted by molar-refractivity contribution is 7.99. The number of hydrogen-bond donors (Lipinski definition) is 1. The molecule has 0 spiro atoms. The van der Waals surface area contributed by atoms with Crippen molar-refractivity contribution >= 4 is 35.0 Å². The van der Waals surface area contributed by atoms with Crippen molar-refractivity contribution in [2.45, 2.75) is 25.8 Å². The molecule has 0 aliphatic carbocycles. The molecule has 0 aromatic carbocycles. The van der Waals surface area contributed by atoms with E-state index in [0.717, 1.165) is 16.5 Å². The SMILES string of the molecule is Cc1ccc(-c2nc(CC(=O)N3CCSCC3CC(=O)O)cs2)o1. The van der Waals surface area contributed by atoms with Crippen LogP contribution in [0.4, 0.5) is 0 Å². The fraction of sp³-hybridized carbons (Fsp3) is 0.438. The van der Waals surface area contributed by atoms with Crippen LogP contribution in [-0.4, -0.2) is 51.0 Å². The monoisotopic (exact) mass is 366 g/mol. The number of aromatic nitrogens is 1. The van der Waals surface area contributed by atoms with E-state index in [4.69, 9.17) is 9.52 Å². The largest absolute Gasteiger partial charge is 0.481 e. The van der Waals surface area contributed by atoms with Crippen molar-refractivity contribution in [1.82, 2.24) is 9.88 Å². The number of hydrogen-bond acceptors (Lipinski definition) is 6. The zero-order valence-corrected chi connectivity index (χ0v) is 14.9. The second-order valence-electron chi connectivity index (χ2n) is 5.64. The first-order valence-corrected chi connectivity index (χ1v) is 9.66. The number of thiazole rings is 1. The lowest BCUT2D eigenvalue weighted by molar-refractivity contribution is -0.140. The van der Waals surface area contributed by atoms with E-state index >= 15 is 0 Å². The Balaban J connectivity index is 1.67. The summed E-state index contributed by atoms with van der Waals surface area (Å²) in [6, 6.07) is 3.51. The third-order valence-electron chi connectivity index (χ3n) is 3.79. The second kappa shape index (κ2) is 7.40. The maximum absolute atomic E-state index is 12.6. The number of carboxylic acids is 1. The van der Waals surface area contributed by atoms with Crippen LogP contribution in [0.3, 0.4) is 0 Å². The van der Waals surface area contributed by atoms with Crippen molar-refractivity contribution in [3.63, 3.8) is 0 Å². The fourth-order valence-corrected chi connectivity index (χ4v) is 4.50. The summed E-state index contributed by atoms with van der Waals surface area (Å²) in [6.45, 7) is 2.47. The van der Waals surface area contributed by atoms with Gasteiger partial charge in [-0.15, -0.1) is 11.3 Å². The minimum absolute atomic E-state index is 0.00721. The molecule has 1 saturated heterocycles. The molecule has 8 heteroatoms. The maximum atomic E-state index is 12.6. The topological polar surface area (TPSA) is 83.6 Å². The molecule has 1 fully saturated rings. The molecule has 3 heterocycles. The summed E-state index contributed by atoms with van der Waals surface area (Å²) in [5.41, 5.74) is 0.696. The Hall–Kier alpha value is -1.80. The van der Waals surface area contributed by atoms with E-state index in [0.29, 0.717) is 23.8 Å². The van der Waals surface area contributed by atoms with Crippen LogP contribution in [0.2, 0.25) is 0 Å². The Morgan fingerprint density at radius 2 is 2.29 bits per heavy atom. The van der Waals surface area contributed by atoms with E-state index in [-0.39, 0.29) is 24.8 Å². The molecule has 2 aromatic heterocycles. The number of furan rings is 1. The standard InChI is InChI=1S/C16H18N2O4S2/c1-10-2-3-13(22-10)16-17-11(8-24-16)6-14(19)18-4-5-23-9-12(18)7-15(20)21/h2-3,8,12H,4-7,9H2,1H3,(H,20,21). The van der Waals surface area contributed by atoms with E-state index < -0.39 is 5.97 Å².